The quantitative estimate of drug-likeness (QED) is 0.488. The Morgan fingerprint density at radius 3 is 2.76 bits per heavy atom. The van der Waals surface area contributed by atoms with Crippen LogP contribution in [0.4, 0.5) is 19.0 Å². The standard InChI is InChI=1S/C23H21F3N6O2/c1-3-32(18-11-34-10-17-13(18)5-7-19(29-17)23(24,25)26)22(33)12-4-6-16-14(8-12)20-15(21(27)30-16)9-28-31(20)2/h4-9,18H,3,10-11H2,1-2H3,(H2,27,30)/t18-/m0/s1. The molecule has 0 fully saturated rings. The van der Waals surface area contributed by atoms with Gasteiger partial charge >= 0.3 is 6.18 Å². The smallest absolute Gasteiger partial charge is 0.383 e. The van der Waals surface area contributed by atoms with Crippen LogP contribution in [0.3, 0.4) is 0 Å². The van der Waals surface area contributed by atoms with Gasteiger partial charge in [0.1, 0.15) is 11.5 Å². The molecule has 1 aliphatic heterocycles. The number of carbonyl (C=O) groups is 1. The number of likely N-dealkylation sites (N-methyl/N-ethyl adjacent to an activating group) is 1. The summed E-state index contributed by atoms with van der Waals surface area (Å²) in [5, 5.41) is 5.67. The number of ether oxygens (including phenoxy) is 1. The molecule has 0 saturated carbocycles. The molecule has 1 aliphatic rings. The zero-order chi connectivity index (χ0) is 24.2. The zero-order valence-electron chi connectivity index (χ0n) is 18.4. The fourth-order valence-corrected chi connectivity index (χ4v) is 4.47. The molecule has 0 bridgehead atoms. The van der Waals surface area contributed by atoms with Gasteiger partial charge in [0, 0.05) is 30.1 Å². The van der Waals surface area contributed by atoms with Gasteiger partial charge in [-0.1, -0.05) is 6.07 Å². The number of nitrogens with two attached hydrogens (primary N) is 1. The van der Waals surface area contributed by atoms with E-state index in [0.29, 0.717) is 34.4 Å². The number of aryl methyl sites for hydroxylation is 1. The molecule has 3 aromatic heterocycles. The third kappa shape index (κ3) is 3.52. The average Bonchev–Trinajstić information content (AvgIpc) is 3.21. The number of amides is 1. The number of benzene rings is 1. The van der Waals surface area contributed by atoms with E-state index in [-0.39, 0.29) is 24.8 Å². The summed E-state index contributed by atoms with van der Waals surface area (Å²) in [6, 6.07) is 6.90. The number of hydrogen-bond donors (Lipinski definition) is 1. The predicted molar refractivity (Wildman–Crippen MR) is 119 cm³/mol. The summed E-state index contributed by atoms with van der Waals surface area (Å²) in [6.45, 7) is 2.26. The van der Waals surface area contributed by atoms with Gasteiger partial charge in [-0.15, -0.1) is 0 Å². The van der Waals surface area contributed by atoms with Crippen molar-refractivity contribution in [3.05, 3.63) is 59.0 Å². The van der Waals surface area contributed by atoms with Gasteiger partial charge in [0.2, 0.25) is 0 Å². The van der Waals surface area contributed by atoms with Crippen LogP contribution in [0.15, 0.2) is 36.5 Å². The fraction of sp³-hybridized carbons (Fsp3) is 0.304. The van der Waals surface area contributed by atoms with Gasteiger partial charge in [0.05, 0.1) is 47.6 Å². The van der Waals surface area contributed by atoms with Gasteiger partial charge < -0.3 is 15.4 Å². The Labute approximate surface area is 192 Å². The number of aromatic nitrogens is 4. The topological polar surface area (TPSA) is 99.2 Å². The highest BCUT2D eigenvalue weighted by Gasteiger charge is 2.36. The first-order valence-electron chi connectivity index (χ1n) is 10.7. The molecule has 8 nitrogen and oxygen atoms in total. The molecule has 0 spiro atoms. The maximum absolute atomic E-state index is 13.6. The van der Waals surface area contributed by atoms with Crippen molar-refractivity contribution in [1.82, 2.24) is 24.6 Å². The lowest BCUT2D eigenvalue weighted by Crippen LogP contribution is -2.39. The van der Waals surface area contributed by atoms with E-state index in [0.717, 1.165) is 17.0 Å². The van der Waals surface area contributed by atoms with Crippen LogP contribution >= 0.6 is 0 Å². The van der Waals surface area contributed by atoms with E-state index >= 15 is 0 Å². The average molecular weight is 470 g/mol. The Hall–Kier alpha value is -3.73. The van der Waals surface area contributed by atoms with E-state index < -0.39 is 17.9 Å². The van der Waals surface area contributed by atoms with E-state index in [1.165, 1.54) is 6.07 Å². The van der Waals surface area contributed by atoms with Crippen LogP contribution in [0.2, 0.25) is 0 Å². The highest BCUT2D eigenvalue weighted by Crippen LogP contribution is 2.35. The van der Waals surface area contributed by atoms with Gasteiger partial charge in [-0.25, -0.2) is 9.97 Å². The molecule has 2 N–H and O–H groups in total. The van der Waals surface area contributed by atoms with Crippen LogP contribution in [0.1, 0.15) is 40.3 Å². The second-order valence-corrected chi connectivity index (χ2v) is 8.11. The zero-order valence-corrected chi connectivity index (χ0v) is 18.4. The van der Waals surface area contributed by atoms with Gasteiger partial charge in [-0.05, 0) is 31.2 Å². The molecule has 1 atom stereocenters. The number of fused-ring (bicyclic) bond motifs is 4. The molecule has 0 aliphatic carbocycles. The number of alkyl halides is 3. The number of carbonyl (C=O) groups excluding carboxylic acids is 1. The number of halogens is 3. The van der Waals surface area contributed by atoms with Crippen LogP contribution in [0, 0.1) is 0 Å². The molecule has 4 heterocycles. The molecule has 1 amide bonds. The van der Waals surface area contributed by atoms with E-state index in [9.17, 15) is 18.0 Å². The molecule has 11 heteroatoms. The summed E-state index contributed by atoms with van der Waals surface area (Å²) in [7, 11) is 1.78. The van der Waals surface area contributed by atoms with Crippen molar-refractivity contribution in [3.8, 4) is 0 Å². The molecule has 0 saturated heterocycles. The number of nitrogen functional groups attached to an aromatic ring is 1. The van der Waals surface area contributed by atoms with Crippen molar-refractivity contribution >= 4 is 33.5 Å². The Kier molecular flexibility index (Phi) is 5.16. The maximum atomic E-state index is 13.6. The van der Waals surface area contributed by atoms with Crippen molar-refractivity contribution < 1.29 is 22.7 Å². The fourth-order valence-electron chi connectivity index (χ4n) is 4.47. The number of nitrogens with zero attached hydrogens (tertiary/aromatic N) is 5. The molecule has 34 heavy (non-hydrogen) atoms. The summed E-state index contributed by atoms with van der Waals surface area (Å²) >= 11 is 0. The summed E-state index contributed by atoms with van der Waals surface area (Å²) in [4.78, 5) is 23.3. The van der Waals surface area contributed by atoms with E-state index in [2.05, 4.69) is 15.1 Å². The molecular weight excluding hydrogens is 449 g/mol. The van der Waals surface area contributed by atoms with Crippen LogP contribution < -0.4 is 5.73 Å². The first-order chi connectivity index (χ1) is 16.2. The van der Waals surface area contributed by atoms with Crippen molar-refractivity contribution in [2.24, 2.45) is 7.05 Å². The van der Waals surface area contributed by atoms with Gasteiger partial charge in [0.15, 0.2) is 0 Å². The Bertz CT molecular complexity index is 1430. The van der Waals surface area contributed by atoms with E-state index in [4.69, 9.17) is 10.5 Å². The first-order valence-corrected chi connectivity index (χ1v) is 10.7. The molecule has 0 radical (unpaired) electrons. The Morgan fingerprint density at radius 1 is 1.24 bits per heavy atom. The monoisotopic (exact) mass is 470 g/mol. The summed E-state index contributed by atoms with van der Waals surface area (Å²) < 4.78 is 46.5. The van der Waals surface area contributed by atoms with Crippen LogP contribution in [0.5, 0.6) is 0 Å². The molecule has 1 aromatic carbocycles. The minimum Gasteiger partial charge on any atom is -0.383 e. The van der Waals surface area contributed by atoms with Crippen molar-refractivity contribution in [3.63, 3.8) is 0 Å². The summed E-state index contributed by atoms with van der Waals surface area (Å²) in [5.74, 6) is 0.0736. The number of anilines is 1. The molecule has 5 rings (SSSR count). The Balaban J connectivity index is 1.55. The number of rotatable bonds is 3. The lowest BCUT2D eigenvalue weighted by atomic mass is 9.99. The molecule has 4 aromatic rings. The summed E-state index contributed by atoms with van der Waals surface area (Å²) in [5.41, 5.74) is 7.62. The predicted octanol–water partition coefficient (Wildman–Crippen LogP) is 3.85. The largest absolute Gasteiger partial charge is 0.433 e. The van der Waals surface area contributed by atoms with Gasteiger partial charge in [-0.2, -0.15) is 18.3 Å². The van der Waals surface area contributed by atoms with Gasteiger partial charge in [0.25, 0.3) is 5.91 Å². The maximum Gasteiger partial charge on any atom is 0.433 e. The van der Waals surface area contributed by atoms with E-state index in [1.54, 1.807) is 41.0 Å². The Morgan fingerprint density at radius 2 is 2.03 bits per heavy atom. The highest BCUT2D eigenvalue weighted by molar-refractivity contribution is 6.10. The minimum absolute atomic E-state index is 0.0387. The van der Waals surface area contributed by atoms with Gasteiger partial charge in [-0.3, -0.25) is 9.48 Å². The van der Waals surface area contributed by atoms with Crippen molar-refractivity contribution in [2.45, 2.75) is 25.7 Å². The molecule has 176 valence electrons. The van der Waals surface area contributed by atoms with E-state index in [1.807, 2.05) is 6.92 Å². The lowest BCUT2D eigenvalue weighted by Gasteiger charge is -2.35. The first kappa shape index (κ1) is 22.1. The highest BCUT2D eigenvalue weighted by atomic mass is 19.4. The number of hydrogen-bond acceptors (Lipinski definition) is 6. The second-order valence-electron chi connectivity index (χ2n) is 8.11. The minimum atomic E-state index is -4.55. The van der Waals surface area contributed by atoms with Crippen molar-refractivity contribution in [1.29, 1.82) is 0 Å². The van der Waals surface area contributed by atoms with Crippen molar-refractivity contribution in [2.75, 3.05) is 18.9 Å². The normalized spacial score (nSPS) is 16.1. The second kappa shape index (κ2) is 7.94. The van der Waals surface area contributed by atoms with Crippen LogP contribution in [-0.2, 0) is 24.6 Å². The SMILES string of the molecule is CCN(C(=O)c1ccc2nc(N)c3cnn(C)c3c2c1)[C@H]1COCc2nc(C(F)(F)F)ccc21. The third-order valence-electron chi connectivity index (χ3n) is 6.11. The molecule has 0 unspecified atom stereocenters. The van der Waals surface area contributed by atoms with Crippen LogP contribution in [-0.4, -0.2) is 43.7 Å². The van der Waals surface area contributed by atoms with Crippen LogP contribution in [0.25, 0.3) is 21.8 Å². The summed E-state index contributed by atoms with van der Waals surface area (Å²) in [6.07, 6.45) is -2.93. The molecular formula is C23H21F3N6O2. The number of pyridine rings is 2. The lowest BCUT2D eigenvalue weighted by molar-refractivity contribution is -0.141. The third-order valence-corrected chi connectivity index (χ3v) is 6.11.